The van der Waals surface area contributed by atoms with Crippen LogP contribution in [-0.4, -0.2) is 13.5 Å². The number of para-hydroxylation sites is 1. The Morgan fingerprint density at radius 3 is 2.79 bits per heavy atom. The van der Waals surface area contributed by atoms with Gasteiger partial charge in [-0.3, -0.25) is 4.79 Å². The van der Waals surface area contributed by atoms with E-state index in [0.717, 1.165) is 24.1 Å². The van der Waals surface area contributed by atoms with Crippen molar-refractivity contribution in [2.75, 3.05) is 7.11 Å². The topological polar surface area (TPSA) is 38.3 Å². The first-order valence-corrected chi connectivity index (χ1v) is 4.66. The summed E-state index contributed by atoms with van der Waals surface area (Å²) in [5.74, 6) is 0.814. The summed E-state index contributed by atoms with van der Waals surface area (Å²) in [5, 5.41) is 2.76. The summed E-state index contributed by atoms with van der Waals surface area (Å²) < 4.78 is 5.22. The van der Waals surface area contributed by atoms with Crippen molar-refractivity contribution >= 4 is 6.41 Å². The number of ether oxygens (including phenoxy) is 1. The van der Waals surface area contributed by atoms with Crippen LogP contribution in [0.3, 0.4) is 0 Å². The van der Waals surface area contributed by atoms with E-state index in [0.29, 0.717) is 0 Å². The number of methoxy groups -OCH3 is 1. The molecule has 0 heterocycles. The van der Waals surface area contributed by atoms with E-state index in [1.165, 1.54) is 0 Å². The Bertz CT molecular complexity index is 299. The molecule has 0 aromatic heterocycles. The second kappa shape index (κ2) is 5.27. The van der Waals surface area contributed by atoms with E-state index in [9.17, 15) is 4.79 Å². The van der Waals surface area contributed by atoms with Gasteiger partial charge in [0.2, 0.25) is 6.41 Å². The van der Waals surface area contributed by atoms with Crippen LogP contribution in [0, 0.1) is 0 Å². The summed E-state index contributed by atoms with van der Waals surface area (Å²) >= 11 is 0. The van der Waals surface area contributed by atoms with Crippen LogP contribution in [0.5, 0.6) is 5.75 Å². The largest absolute Gasteiger partial charge is 0.496 e. The number of benzene rings is 1. The third kappa shape index (κ3) is 2.25. The molecule has 3 nitrogen and oxygen atoms in total. The third-order valence-electron chi connectivity index (χ3n) is 2.19. The molecule has 0 saturated carbocycles. The molecule has 1 aromatic rings. The minimum Gasteiger partial charge on any atom is -0.496 e. The van der Waals surface area contributed by atoms with Crippen LogP contribution in [0.4, 0.5) is 0 Å². The van der Waals surface area contributed by atoms with E-state index in [4.69, 9.17) is 4.74 Å². The van der Waals surface area contributed by atoms with Gasteiger partial charge in [0, 0.05) is 5.56 Å². The van der Waals surface area contributed by atoms with E-state index in [-0.39, 0.29) is 6.04 Å². The summed E-state index contributed by atoms with van der Waals surface area (Å²) in [7, 11) is 1.63. The molecule has 0 aliphatic carbocycles. The Hall–Kier alpha value is -1.51. The summed E-state index contributed by atoms with van der Waals surface area (Å²) in [6.07, 6.45) is 1.57. The average molecular weight is 193 g/mol. The van der Waals surface area contributed by atoms with Gasteiger partial charge >= 0.3 is 0 Å². The lowest BCUT2D eigenvalue weighted by Gasteiger charge is -2.17. The molecule has 1 aromatic carbocycles. The maximum absolute atomic E-state index is 10.4. The lowest BCUT2D eigenvalue weighted by Crippen LogP contribution is -2.19. The molecule has 0 bridgehead atoms. The average Bonchev–Trinajstić information content (AvgIpc) is 2.26. The molecule has 0 spiro atoms. The number of amides is 1. The standard InChI is InChI=1S/C11H15NO2/c1-3-10(12-8-13)9-6-4-5-7-11(9)14-2/h4-8,10H,3H2,1-2H3,(H,12,13). The smallest absolute Gasteiger partial charge is 0.207 e. The highest BCUT2D eigenvalue weighted by Gasteiger charge is 2.11. The van der Waals surface area contributed by atoms with Crippen LogP contribution < -0.4 is 10.1 Å². The highest BCUT2D eigenvalue weighted by molar-refractivity contribution is 5.49. The molecule has 0 saturated heterocycles. The fourth-order valence-corrected chi connectivity index (χ4v) is 1.46. The molecule has 0 radical (unpaired) electrons. The highest BCUT2D eigenvalue weighted by atomic mass is 16.5. The first-order valence-electron chi connectivity index (χ1n) is 4.66. The molecule has 1 rings (SSSR count). The molecule has 76 valence electrons. The maximum Gasteiger partial charge on any atom is 0.207 e. The maximum atomic E-state index is 10.4. The number of carbonyl (C=O) groups is 1. The first-order chi connectivity index (χ1) is 6.83. The zero-order chi connectivity index (χ0) is 10.4. The van der Waals surface area contributed by atoms with Crippen LogP contribution in [0.15, 0.2) is 24.3 Å². The van der Waals surface area contributed by atoms with Gasteiger partial charge in [-0.05, 0) is 12.5 Å². The Morgan fingerprint density at radius 1 is 1.50 bits per heavy atom. The van der Waals surface area contributed by atoms with Crippen LogP contribution in [0.25, 0.3) is 0 Å². The van der Waals surface area contributed by atoms with Crippen molar-refractivity contribution in [3.05, 3.63) is 29.8 Å². The van der Waals surface area contributed by atoms with Crippen LogP contribution in [0.2, 0.25) is 0 Å². The molecule has 3 heteroatoms. The van der Waals surface area contributed by atoms with E-state index in [2.05, 4.69) is 5.32 Å². The fraction of sp³-hybridized carbons (Fsp3) is 0.364. The molecule has 0 aliphatic rings. The van der Waals surface area contributed by atoms with E-state index in [1.54, 1.807) is 7.11 Å². The van der Waals surface area contributed by atoms with Gasteiger partial charge in [-0.1, -0.05) is 25.1 Å². The summed E-state index contributed by atoms with van der Waals surface area (Å²) in [5.41, 5.74) is 1.02. The number of carbonyl (C=O) groups excluding carboxylic acids is 1. The second-order valence-electron chi connectivity index (χ2n) is 2.99. The zero-order valence-corrected chi connectivity index (χ0v) is 8.49. The monoisotopic (exact) mass is 193 g/mol. The Kier molecular flexibility index (Phi) is 3.98. The Morgan fingerprint density at radius 2 is 2.21 bits per heavy atom. The van der Waals surface area contributed by atoms with Crippen molar-refractivity contribution in [2.45, 2.75) is 19.4 Å². The number of rotatable bonds is 5. The fourth-order valence-electron chi connectivity index (χ4n) is 1.46. The van der Waals surface area contributed by atoms with Gasteiger partial charge in [0.1, 0.15) is 5.75 Å². The number of nitrogens with one attached hydrogen (secondary N) is 1. The molecule has 1 N–H and O–H groups in total. The van der Waals surface area contributed by atoms with Crippen LogP contribution in [-0.2, 0) is 4.79 Å². The van der Waals surface area contributed by atoms with Gasteiger partial charge in [-0.2, -0.15) is 0 Å². The Labute approximate surface area is 84.1 Å². The van der Waals surface area contributed by atoms with Crippen molar-refractivity contribution in [3.8, 4) is 5.75 Å². The molecule has 1 unspecified atom stereocenters. The van der Waals surface area contributed by atoms with Crippen molar-refractivity contribution < 1.29 is 9.53 Å². The summed E-state index contributed by atoms with van der Waals surface area (Å²) in [6.45, 7) is 2.02. The summed E-state index contributed by atoms with van der Waals surface area (Å²) in [6, 6.07) is 7.74. The molecule has 0 fully saturated rings. The zero-order valence-electron chi connectivity index (χ0n) is 8.49. The SMILES string of the molecule is CCC(NC=O)c1ccccc1OC. The highest BCUT2D eigenvalue weighted by Crippen LogP contribution is 2.26. The van der Waals surface area contributed by atoms with Crippen molar-refractivity contribution in [1.82, 2.24) is 5.32 Å². The van der Waals surface area contributed by atoms with E-state index in [1.807, 2.05) is 31.2 Å². The molecular formula is C11H15NO2. The minimum atomic E-state index is 0.0312. The number of hydrogen-bond donors (Lipinski definition) is 1. The molecule has 0 aliphatic heterocycles. The van der Waals surface area contributed by atoms with Gasteiger partial charge < -0.3 is 10.1 Å². The number of hydrogen-bond acceptors (Lipinski definition) is 2. The van der Waals surface area contributed by atoms with E-state index < -0.39 is 0 Å². The summed E-state index contributed by atoms with van der Waals surface area (Å²) in [4.78, 5) is 10.4. The second-order valence-corrected chi connectivity index (χ2v) is 2.99. The van der Waals surface area contributed by atoms with Gasteiger partial charge in [-0.15, -0.1) is 0 Å². The quantitative estimate of drug-likeness (QED) is 0.725. The van der Waals surface area contributed by atoms with Crippen LogP contribution >= 0.6 is 0 Å². The first kappa shape index (κ1) is 10.6. The van der Waals surface area contributed by atoms with Crippen molar-refractivity contribution in [2.24, 2.45) is 0 Å². The van der Waals surface area contributed by atoms with Gasteiger partial charge in [0.25, 0.3) is 0 Å². The minimum absolute atomic E-state index is 0.0312. The van der Waals surface area contributed by atoms with Gasteiger partial charge in [-0.25, -0.2) is 0 Å². The van der Waals surface area contributed by atoms with Crippen molar-refractivity contribution in [3.63, 3.8) is 0 Å². The lowest BCUT2D eigenvalue weighted by atomic mass is 10.0. The van der Waals surface area contributed by atoms with Gasteiger partial charge in [0.15, 0.2) is 0 Å². The predicted octanol–water partition coefficient (Wildman–Crippen LogP) is 1.89. The van der Waals surface area contributed by atoms with Crippen LogP contribution in [0.1, 0.15) is 24.9 Å². The molecule has 1 atom stereocenters. The molecule has 1 amide bonds. The molecular weight excluding hydrogens is 178 g/mol. The van der Waals surface area contributed by atoms with E-state index >= 15 is 0 Å². The van der Waals surface area contributed by atoms with Gasteiger partial charge in [0.05, 0.1) is 13.2 Å². The van der Waals surface area contributed by atoms with Crippen molar-refractivity contribution in [1.29, 1.82) is 0 Å². The normalized spacial score (nSPS) is 11.9. The Balaban J connectivity index is 2.95. The third-order valence-corrected chi connectivity index (χ3v) is 2.19. The predicted molar refractivity (Wildman–Crippen MR) is 55.2 cm³/mol. The molecule has 14 heavy (non-hydrogen) atoms. The lowest BCUT2D eigenvalue weighted by molar-refractivity contribution is -0.110.